The second-order valence-electron chi connectivity index (χ2n) is 7.88. The number of hydrogen-bond acceptors (Lipinski definition) is 4. The molecule has 3 amide bonds. The maximum absolute atomic E-state index is 12.6. The zero-order chi connectivity index (χ0) is 21.5. The fourth-order valence-corrected chi connectivity index (χ4v) is 3.78. The van der Waals surface area contributed by atoms with E-state index in [1.807, 2.05) is 67.5 Å². The minimum Gasteiger partial charge on any atom is -0.388 e. The molecule has 7 heteroatoms. The predicted octanol–water partition coefficient (Wildman–Crippen LogP) is 2.85. The van der Waals surface area contributed by atoms with Crippen LogP contribution in [0.5, 0.6) is 0 Å². The van der Waals surface area contributed by atoms with Gasteiger partial charge in [0.1, 0.15) is 0 Å². The van der Waals surface area contributed by atoms with Crippen LogP contribution >= 0.6 is 0 Å². The first-order valence-corrected chi connectivity index (χ1v) is 10.3. The molecular formula is C23H30N4O3. The predicted molar refractivity (Wildman–Crippen MR) is 118 cm³/mol. The molecule has 2 aromatic carbocycles. The molecule has 0 unspecified atom stereocenters. The Balaban J connectivity index is 1.64. The fourth-order valence-electron chi connectivity index (χ4n) is 3.78. The average Bonchev–Trinajstić information content (AvgIpc) is 3.17. The number of carbonyl (C=O) groups excluding carboxylic acids is 2. The number of amides is 3. The van der Waals surface area contributed by atoms with Crippen LogP contribution < -0.4 is 15.5 Å². The van der Waals surface area contributed by atoms with E-state index in [0.717, 1.165) is 12.0 Å². The molecule has 2 aromatic rings. The molecule has 1 fully saturated rings. The van der Waals surface area contributed by atoms with Crippen molar-refractivity contribution in [1.29, 1.82) is 0 Å². The molecule has 3 rings (SSSR count). The summed E-state index contributed by atoms with van der Waals surface area (Å²) in [4.78, 5) is 28.4. The lowest BCUT2D eigenvalue weighted by molar-refractivity contribution is -0.117. The van der Waals surface area contributed by atoms with Gasteiger partial charge in [0.25, 0.3) is 0 Å². The van der Waals surface area contributed by atoms with Gasteiger partial charge in [-0.2, -0.15) is 0 Å². The summed E-state index contributed by atoms with van der Waals surface area (Å²) < 4.78 is 0. The molecule has 0 aliphatic carbocycles. The van der Waals surface area contributed by atoms with Gasteiger partial charge in [-0.1, -0.05) is 42.5 Å². The van der Waals surface area contributed by atoms with Crippen molar-refractivity contribution >= 4 is 23.3 Å². The lowest BCUT2D eigenvalue weighted by Gasteiger charge is -2.27. The number of urea groups is 1. The number of aliphatic hydroxyl groups excluding tert-OH is 1. The summed E-state index contributed by atoms with van der Waals surface area (Å²) in [5.74, 6) is -0.106. The van der Waals surface area contributed by atoms with Crippen molar-refractivity contribution in [3.05, 3.63) is 60.2 Å². The number of nitrogens with one attached hydrogen (secondary N) is 2. The zero-order valence-corrected chi connectivity index (χ0v) is 17.5. The van der Waals surface area contributed by atoms with E-state index in [2.05, 4.69) is 10.6 Å². The Hall–Kier alpha value is -2.90. The number of anilines is 2. The molecule has 30 heavy (non-hydrogen) atoms. The van der Waals surface area contributed by atoms with Crippen LogP contribution in [0.3, 0.4) is 0 Å². The lowest BCUT2D eigenvalue weighted by Crippen LogP contribution is -2.39. The van der Waals surface area contributed by atoms with Gasteiger partial charge in [0.15, 0.2) is 0 Å². The largest absolute Gasteiger partial charge is 0.388 e. The first kappa shape index (κ1) is 21.8. The first-order valence-electron chi connectivity index (χ1n) is 10.3. The standard InChI is InChI=1S/C23H30N4O3/c1-26(2)16-18(22(29)17-9-4-3-5-10-17)15-24-23(30)25-19-11-6-7-12-20(19)27-14-8-13-21(27)28/h3-7,9-12,18,22,29H,8,13-16H2,1-2H3,(H2,24,25,30)/t18-,22-/m0/s1. The third-order valence-electron chi connectivity index (χ3n) is 5.23. The number of nitrogens with zero attached hydrogens (tertiary/aromatic N) is 2. The molecule has 160 valence electrons. The second kappa shape index (κ2) is 10.2. The summed E-state index contributed by atoms with van der Waals surface area (Å²) in [6, 6.07) is 16.4. The van der Waals surface area contributed by atoms with E-state index in [0.29, 0.717) is 37.4 Å². The van der Waals surface area contributed by atoms with Crippen molar-refractivity contribution in [2.24, 2.45) is 5.92 Å². The van der Waals surface area contributed by atoms with Gasteiger partial charge in [-0.25, -0.2) is 4.79 Å². The monoisotopic (exact) mass is 410 g/mol. The fraction of sp³-hybridized carbons (Fsp3) is 0.391. The molecule has 1 aliphatic heterocycles. The quantitative estimate of drug-likeness (QED) is 0.625. The number of para-hydroxylation sites is 2. The smallest absolute Gasteiger partial charge is 0.319 e. The van der Waals surface area contributed by atoms with Crippen LogP contribution in [0.1, 0.15) is 24.5 Å². The van der Waals surface area contributed by atoms with Crippen molar-refractivity contribution in [1.82, 2.24) is 10.2 Å². The molecular weight excluding hydrogens is 380 g/mol. The lowest BCUT2D eigenvalue weighted by atomic mass is 9.95. The van der Waals surface area contributed by atoms with Gasteiger partial charge in [-0.15, -0.1) is 0 Å². The number of hydrogen-bond donors (Lipinski definition) is 3. The van der Waals surface area contributed by atoms with E-state index in [4.69, 9.17) is 0 Å². The SMILES string of the molecule is CN(C)C[C@H](CNC(=O)Nc1ccccc1N1CCCC1=O)[C@@H](O)c1ccccc1. The summed E-state index contributed by atoms with van der Waals surface area (Å²) in [6.45, 7) is 1.59. The number of rotatable bonds is 8. The van der Waals surface area contributed by atoms with Crippen molar-refractivity contribution in [3.63, 3.8) is 0 Å². The number of aliphatic hydroxyl groups is 1. The minimum absolute atomic E-state index is 0.0710. The van der Waals surface area contributed by atoms with Crippen LogP contribution in [-0.4, -0.2) is 55.7 Å². The van der Waals surface area contributed by atoms with Crippen LogP contribution in [0, 0.1) is 5.92 Å². The topological polar surface area (TPSA) is 84.9 Å². The highest BCUT2D eigenvalue weighted by molar-refractivity contribution is 6.01. The highest BCUT2D eigenvalue weighted by Gasteiger charge is 2.25. The van der Waals surface area contributed by atoms with Crippen molar-refractivity contribution in [2.75, 3.05) is 43.9 Å². The van der Waals surface area contributed by atoms with E-state index >= 15 is 0 Å². The summed E-state index contributed by atoms with van der Waals surface area (Å²) in [5, 5.41) is 16.5. The third kappa shape index (κ3) is 5.58. The van der Waals surface area contributed by atoms with E-state index in [9.17, 15) is 14.7 Å². The van der Waals surface area contributed by atoms with Gasteiger partial charge in [0.2, 0.25) is 5.91 Å². The molecule has 0 bridgehead atoms. The Morgan fingerprint density at radius 3 is 2.50 bits per heavy atom. The Morgan fingerprint density at radius 2 is 1.83 bits per heavy atom. The normalized spacial score (nSPS) is 15.9. The van der Waals surface area contributed by atoms with Crippen LogP contribution in [0.2, 0.25) is 0 Å². The summed E-state index contributed by atoms with van der Waals surface area (Å²) in [7, 11) is 3.88. The van der Waals surface area contributed by atoms with E-state index in [1.54, 1.807) is 11.0 Å². The Labute approximate surface area is 177 Å². The minimum atomic E-state index is -0.691. The molecule has 0 saturated carbocycles. The summed E-state index contributed by atoms with van der Waals surface area (Å²) in [6.07, 6.45) is 0.663. The van der Waals surface area contributed by atoms with Crippen molar-refractivity contribution < 1.29 is 14.7 Å². The first-order chi connectivity index (χ1) is 14.5. The molecule has 2 atom stereocenters. The highest BCUT2D eigenvalue weighted by atomic mass is 16.3. The number of carbonyl (C=O) groups is 2. The second-order valence-corrected chi connectivity index (χ2v) is 7.88. The molecule has 7 nitrogen and oxygen atoms in total. The number of benzene rings is 2. The van der Waals surface area contributed by atoms with Crippen molar-refractivity contribution in [2.45, 2.75) is 18.9 Å². The molecule has 0 spiro atoms. The van der Waals surface area contributed by atoms with E-state index < -0.39 is 6.10 Å². The van der Waals surface area contributed by atoms with Crippen LogP contribution in [-0.2, 0) is 4.79 Å². The molecule has 1 heterocycles. The van der Waals surface area contributed by atoms with Gasteiger partial charge < -0.3 is 25.5 Å². The van der Waals surface area contributed by atoms with Gasteiger partial charge in [-0.05, 0) is 38.2 Å². The Morgan fingerprint density at radius 1 is 1.13 bits per heavy atom. The zero-order valence-electron chi connectivity index (χ0n) is 17.5. The van der Waals surface area contributed by atoms with Crippen LogP contribution in [0.25, 0.3) is 0 Å². The Bertz CT molecular complexity index is 857. The molecule has 1 saturated heterocycles. The van der Waals surface area contributed by atoms with E-state index in [-0.39, 0.29) is 17.9 Å². The summed E-state index contributed by atoms with van der Waals surface area (Å²) in [5.41, 5.74) is 2.13. The van der Waals surface area contributed by atoms with Crippen molar-refractivity contribution in [3.8, 4) is 0 Å². The Kier molecular flexibility index (Phi) is 7.43. The highest BCUT2D eigenvalue weighted by Crippen LogP contribution is 2.29. The molecule has 1 aliphatic rings. The molecule has 0 radical (unpaired) electrons. The summed E-state index contributed by atoms with van der Waals surface area (Å²) >= 11 is 0. The average molecular weight is 411 g/mol. The maximum Gasteiger partial charge on any atom is 0.319 e. The van der Waals surface area contributed by atoms with Gasteiger partial charge in [0.05, 0.1) is 17.5 Å². The van der Waals surface area contributed by atoms with Gasteiger partial charge in [-0.3, -0.25) is 4.79 Å². The van der Waals surface area contributed by atoms with Crippen LogP contribution in [0.15, 0.2) is 54.6 Å². The third-order valence-corrected chi connectivity index (χ3v) is 5.23. The van der Waals surface area contributed by atoms with E-state index in [1.165, 1.54) is 0 Å². The maximum atomic E-state index is 12.6. The van der Waals surface area contributed by atoms with Crippen LogP contribution in [0.4, 0.5) is 16.2 Å². The molecule has 0 aromatic heterocycles. The molecule has 3 N–H and O–H groups in total. The van der Waals surface area contributed by atoms with Gasteiger partial charge >= 0.3 is 6.03 Å². The van der Waals surface area contributed by atoms with Gasteiger partial charge in [0, 0.05) is 32.0 Å².